The van der Waals surface area contributed by atoms with Gasteiger partial charge in [0.15, 0.2) is 0 Å². The number of nitrogens with one attached hydrogen (secondary N) is 1. The molecule has 1 aromatic heterocycles. The Labute approximate surface area is 155 Å². The van der Waals surface area contributed by atoms with Crippen molar-refractivity contribution in [1.82, 2.24) is 20.2 Å². The van der Waals surface area contributed by atoms with E-state index in [1.54, 1.807) is 36.1 Å². The van der Waals surface area contributed by atoms with Crippen LogP contribution in [0.3, 0.4) is 0 Å². The van der Waals surface area contributed by atoms with Gasteiger partial charge in [0.1, 0.15) is 5.75 Å². The summed E-state index contributed by atoms with van der Waals surface area (Å²) in [5.74, 6) is 0.818. The fourth-order valence-electron chi connectivity index (χ4n) is 2.55. The summed E-state index contributed by atoms with van der Waals surface area (Å²) in [5.41, 5.74) is 3.80. The highest BCUT2D eigenvalue weighted by molar-refractivity contribution is 7.99. The normalized spacial score (nSPS) is 10.6. The van der Waals surface area contributed by atoms with E-state index in [1.165, 1.54) is 11.8 Å². The lowest BCUT2D eigenvalue weighted by molar-refractivity contribution is -0.113. The van der Waals surface area contributed by atoms with Gasteiger partial charge in [0.2, 0.25) is 11.1 Å². The summed E-state index contributed by atoms with van der Waals surface area (Å²) in [5, 5.41) is 15.3. The van der Waals surface area contributed by atoms with E-state index in [9.17, 15) is 4.79 Å². The van der Waals surface area contributed by atoms with Gasteiger partial charge in [-0.05, 0) is 59.7 Å². The zero-order valence-electron chi connectivity index (χ0n) is 14.8. The van der Waals surface area contributed by atoms with E-state index in [-0.39, 0.29) is 11.7 Å². The summed E-state index contributed by atoms with van der Waals surface area (Å²) in [7, 11) is 1.60. The minimum Gasteiger partial charge on any atom is -0.497 e. The molecule has 1 amide bonds. The molecule has 0 aliphatic heterocycles. The number of hydrogen-bond acceptors (Lipinski definition) is 6. The van der Waals surface area contributed by atoms with Crippen LogP contribution in [0.25, 0.3) is 5.69 Å². The maximum atomic E-state index is 12.2. The van der Waals surface area contributed by atoms with Gasteiger partial charge in [-0.15, -0.1) is 5.10 Å². The summed E-state index contributed by atoms with van der Waals surface area (Å²) in [4.78, 5) is 12.2. The SMILES string of the molecule is COc1ccc(NC(=O)CSc2nnnn2-c2c(C)cccc2C)cc1. The Morgan fingerprint density at radius 3 is 2.50 bits per heavy atom. The highest BCUT2D eigenvalue weighted by Gasteiger charge is 2.14. The van der Waals surface area contributed by atoms with Gasteiger partial charge < -0.3 is 10.1 Å². The molecular weight excluding hydrogens is 350 g/mol. The molecule has 3 aromatic rings. The van der Waals surface area contributed by atoms with Gasteiger partial charge in [0.25, 0.3) is 0 Å². The van der Waals surface area contributed by atoms with E-state index in [2.05, 4.69) is 20.8 Å². The minimum absolute atomic E-state index is 0.128. The first kappa shape index (κ1) is 17.9. The largest absolute Gasteiger partial charge is 0.497 e. The molecule has 134 valence electrons. The van der Waals surface area contributed by atoms with E-state index < -0.39 is 0 Å². The number of thioether (sulfide) groups is 1. The van der Waals surface area contributed by atoms with Gasteiger partial charge >= 0.3 is 0 Å². The third-order valence-corrected chi connectivity index (χ3v) is 4.72. The van der Waals surface area contributed by atoms with Crippen molar-refractivity contribution in [3.8, 4) is 11.4 Å². The van der Waals surface area contributed by atoms with Crippen molar-refractivity contribution in [2.24, 2.45) is 0 Å². The van der Waals surface area contributed by atoms with Crippen molar-refractivity contribution in [2.45, 2.75) is 19.0 Å². The number of hydrogen-bond donors (Lipinski definition) is 1. The molecule has 0 aliphatic carbocycles. The van der Waals surface area contributed by atoms with E-state index >= 15 is 0 Å². The molecule has 0 bridgehead atoms. The average Bonchev–Trinajstić information content (AvgIpc) is 3.09. The molecule has 0 saturated carbocycles. The second-order valence-electron chi connectivity index (χ2n) is 5.68. The number of tetrazole rings is 1. The Morgan fingerprint density at radius 2 is 1.85 bits per heavy atom. The number of rotatable bonds is 6. The quantitative estimate of drug-likeness (QED) is 0.673. The van der Waals surface area contributed by atoms with Crippen LogP contribution in [-0.2, 0) is 4.79 Å². The standard InChI is InChI=1S/C18H19N5O2S/c1-12-5-4-6-13(2)17(12)23-18(20-21-22-23)26-11-16(24)19-14-7-9-15(25-3)10-8-14/h4-10H,11H2,1-3H3,(H,19,24). The van der Waals surface area contributed by atoms with Crippen LogP contribution in [0.2, 0.25) is 0 Å². The zero-order chi connectivity index (χ0) is 18.5. The second-order valence-corrected chi connectivity index (χ2v) is 6.62. The van der Waals surface area contributed by atoms with E-state index in [0.29, 0.717) is 10.8 Å². The molecule has 26 heavy (non-hydrogen) atoms. The number of amides is 1. The van der Waals surface area contributed by atoms with Crippen LogP contribution in [0.4, 0.5) is 5.69 Å². The molecule has 0 fully saturated rings. The van der Waals surface area contributed by atoms with Gasteiger partial charge in [-0.25, -0.2) is 0 Å². The van der Waals surface area contributed by atoms with Crippen molar-refractivity contribution in [2.75, 3.05) is 18.2 Å². The predicted octanol–water partition coefficient (Wildman–Crippen LogP) is 3.02. The first-order chi connectivity index (χ1) is 12.6. The molecule has 7 nitrogen and oxygen atoms in total. The van der Waals surface area contributed by atoms with Crippen LogP contribution in [0, 0.1) is 13.8 Å². The molecule has 0 saturated heterocycles. The number of carbonyl (C=O) groups is 1. The van der Waals surface area contributed by atoms with Crippen LogP contribution in [0.5, 0.6) is 5.75 Å². The predicted molar refractivity (Wildman–Crippen MR) is 101 cm³/mol. The number of aromatic nitrogens is 4. The van der Waals surface area contributed by atoms with Crippen molar-refractivity contribution < 1.29 is 9.53 Å². The molecule has 0 unspecified atom stereocenters. The zero-order valence-corrected chi connectivity index (χ0v) is 15.6. The third kappa shape index (κ3) is 4.02. The van der Waals surface area contributed by atoms with Gasteiger partial charge in [0, 0.05) is 5.69 Å². The highest BCUT2D eigenvalue weighted by Crippen LogP contribution is 2.23. The topological polar surface area (TPSA) is 81.9 Å². The summed E-state index contributed by atoms with van der Waals surface area (Å²) < 4.78 is 6.78. The van der Waals surface area contributed by atoms with Gasteiger partial charge in [-0.3, -0.25) is 4.79 Å². The molecule has 0 atom stereocenters. The number of nitrogens with zero attached hydrogens (tertiary/aromatic N) is 4. The van der Waals surface area contributed by atoms with E-state index in [4.69, 9.17) is 4.74 Å². The number of carbonyl (C=O) groups excluding carboxylic acids is 1. The number of para-hydroxylation sites is 1. The number of anilines is 1. The summed E-state index contributed by atoms with van der Waals surface area (Å²) >= 11 is 1.29. The molecule has 0 spiro atoms. The van der Waals surface area contributed by atoms with Gasteiger partial charge in [-0.2, -0.15) is 4.68 Å². The molecule has 2 aromatic carbocycles. The fourth-order valence-corrected chi connectivity index (χ4v) is 3.23. The van der Waals surface area contributed by atoms with Crippen molar-refractivity contribution in [3.63, 3.8) is 0 Å². The van der Waals surface area contributed by atoms with E-state index in [1.807, 2.05) is 32.0 Å². The van der Waals surface area contributed by atoms with E-state index in [0.717, 1.165) is 22.6 Å². The summed E-state index contributed by atoms with van der Waals surface area (Å²) in [6, 6.07) is 13.2. The molecule has 0 radical (unpaired) electrons. The average molecular weight is 369 g/mol. The number of ether oxygens (including phenoxy) is 1. The van der Waals surface area contributed by atoms with Crippen molar-refractivity contribution in [3.05, 3.63) is 53.6 Å². The minimum atomic E-state index is -0.128. The Hall–Kier alpha value is -2.87. The van der Waals surface area contributed by atoms with Gasteiger partial charge in [-0.1, -0.05) is 30.0 Å². The Kier molecular flexibility index (Phi) is 5.52. The Bertz CT molecular complexity index is 888. The lowest BCUT2D eigenvalue weighted by atomic mass is 10.1. The lowest BCUT2D eigenvalue weighted by Gasteiger charge is -2.10. The van der Waals surface area contributed by atoms with Crippen molar-refractivity contribution in [1.29, 1.82) is 0 Å². The first-order valence-electron chi connectivity index (χ1n) is 8.00. The lowest BCUT2D eigenvalue weighted by Crippen LogP contribution is -2.14. The van der Waals surface area contributed by atoms with Gasteiger partial charge in [0.05, 0.1) is 18.6 Å². The van der Waals surface area contributed by atoms with Crippen LogP contribution in [0.1, 0.15) is 11.1 Å². The smallest absolute Gasteiger partial charge is 0.234 e. The van der Waals surface area contributed by atoms with Crippen molar-refractivity contribution >= 4 is 23.4 Å². The second kappa shape index (κ2) is 8.01. The van der Waals surface area contributed by atoms with Crippen LogP contribution < -0.4 is 10.1 Å². The molecule has 1 N–H and O–H groups in total. The molecule has 0 aliphatic rings. The third-order valence-electron chi connectivity index (χ3n) is 3.80. The maximum absolute atomic E-state index is 12.2. The maximum Gasteiger partial charge on any atom is 0.234 e. The Morgan fingerprint density at radius 1 is 1.15 bits per heavy atom. The monoisotopic (exact) mass is 369 g/mol. The molecule has 1 heterocycles. The Balaban J connectivity index is 1.67. The van der Waals surface area contributed by atoms with Crippen LogP contribution in [0.15, 0.2) is 47.6 Å². The van der Waals surface area contributed by atoms with Crippen LogP contribution in [-0.4, -0.2) is 39.0 Å². The summed E-state index contributed by atoms with van der Waals surface area (Å²) in [6.45, 7) is 4.02. The fraction of sp³-hybridized carbons (Fsp3) is 0.222. The number of aryl methyl sites for hydroxylation is 2. The molecular formula is C18H19N5O2S. The number of methoxy groups -OCH3 is 1. The molecule has 8 heteroatoms. The highest BCUT2D eigenvalue weighted by atomic mass is 32.2. The first-order valence-corrected chi connectivity index (χ1v) is 8.98. The molecule has 3 rings (SSSR count). The summed E-state index contributed by atoms with van der Waals surface area (Å²) in [6.07, 6.45) is 0. The van der Waals surface area contributed by atoms with Crippen LogP contribution >= 0.6 is 11.8 Å². The number of benzene rings is 2.